The van der Waals surface area contributed by atoms with Gasteiger partial charge in [0.1, 0.15) is 35.9 Å². The van der Waals surface area contributed by atoms with Gasteiger partial charge >= 0.3 is 0 Å². The Bertz CT molecular complexity index is 1190. The summed E-state index contributed by atoms with van der Waals surface area (Å²) >= 11 is 5.53. The van der Waals surface area contributed by atoms with E-state index in [0.29, 0.717) is 28.8 Å². The number of aromatic nitrogens is 2. The molecule has 228 valence electrons. The van der Waals surface area contributed by atoms with E-state index in [1.54, 1.807) is 24.4 Å². The monoisotopic (exact) mass is 592 g/mol. The van der Waals surface area contributed by atoms with Gasteiger partial charge in [0.2, 0.25) is 0 Å². The van der Waals surface area contributed by atoms with Gasteiger partial charge in [0, 0.05) is 23.5 Å². The molecule has 0 saturated heterocycles. The van der Waals surface area contributed by atoms with Crippen LogP contribution in [0.2, 0.25) is 5.02 Å². The molecule has 2 aromatic heterocycles. The summed E-state index contributed by atoms with van der Waals surface area (Å²) in [7, 11) is 0. The van der Waals surface area contributed by atoms with Crippen molar-refractivity contribution < 1.29 is 9.84 Å². The molecule has 0 aliphatic rings. The maximum Gasteiger partial charge on any atom is 0.144 e. The molecule has 0 aliphatic heterocycles. The molecular formula is C35H49ClN4O2. The number of nitriles is 2. The molecule has 6 nitrogen and oxygen atoms in total. The van der Waals surface area contributed by atoms with E-state index in [1.807, 2.05) is 128 Å². The van der Waals surface area contributed by atoms with Crippen LogP contribution in [0.15, 0.2) is 97.3 Å². The lowest BCUT2D eigenvalue weighted by molar-refractivity contribution is 0.282. The van der Waals surface area contributed by atoms with Crippen LogP contribution < -0.4 is 4.74 Å². The summed E-state index contributed by atoms with van der Waals surface area (Å²) in [6.07, 6.45) is 3.07. The van der Waals surface area contributed by atoms with Gasteiger partial charge in [-0.1, -0.05) is 135 Å². The summed E-state index contributed by atoms with van der Waals surface area (Å²) in [4.78, 5) is 7.58. The molecule has 7 heteroatoms. The highest BCUT2D eigenvalue weighted by Crippen LogP contribution is 2.12. The van der Waals surface area contributed by atoms with Crippen LogP contribution in [-0.2, 0) is 13.2 Å². The lowest BCUT2D eigenvalue weighted by Gasteiger charge is -2.05. The highest BCUT2D eigenvalue weighted by atomic mass is 35.5. The number of ether oxygens (including phenoxy) is 1. The van der Waals surface area contributed by atoms with Gasteiger partial charge in [-0.05, 0) is 29.3 Å². The standard InChI is InChI=1S/C13H10N2O.C7H8O.C6H3ClN2.4C2H6.CH4/c14-9-12-8-13(6-7-15-12)16-10-11-4-2-1-3-5-11;8-6-7-4-2-1-3-5-7;7-5-1-2-9-6(3-5)4-8;4*1-2;/h1-8H,10H2;1-5,8H,6H2;1-3H;4*1-2H3;1H4. The number of pyridine rings is 2. The van der Waals surface area contributed by atoms with Gasteiger partial charge in [-0.2, -0.15) is 10.5 Å². The topological polar surface area (TPSA) is 103 Å². The Morgan fingerprint density at radius 1 is 0.667 bits per heavy atom. The lowest BCUT2D eigenvalue weighted by atomic mass is 10.2. The van der Waals surface area contributed by atoms with E-state index >= 15 is 0 Å². The van der Waals surface area contributed by atoms with Crippen molar-refractivity contribution in [1.29, 1.82) is 10.5 Å². The van der Waals surface area contributed by atoms with Crippen molar-refractivity contribution in [3.8, 4) is 17.9 Å². The van der Waals surface area contributed by atoms with E-state index in [2.05, 4.69) is 9.97 Å². The fraction of sp³-hybridized carbons (Fsp3) is 0.314. The Morgan fingerprint density at radius 3 is 1.48 bits per heavy atom. The second kappa shape index (κ2) is 34.8. The molecule has 2 heterocycles. The minimum atomic E-state index is 0. The molecule has 0 radical (unpaired) electrons. The molecule has 0 bridgehead atoms. The Hall–Kier alpha value is -4.23. The molecule has 0 atom stereocenters. The molecule has 2 aromatic carbocycles. The summed E-state index contributed by atoms with van der Waals surface area (Å²) in [5.41, 5.74) is 2.78. The summed E-state index contributed by atoms with van der Waals surface area (Å²) in [5, 5.41) is 26.1. The van der Waals surface area contributed by atoms with Gasteiger partial charge in [0.05, 0.1) is 6.61 Å². The maximum atomic E-state index is 8.68. The smallest absolute Gasteiger partial charge is 0.144 e. The number of hydrogen-bond acceptors (Lipinski definition) is 6. The quantitative estimate of drug-likeness (QED) is 0.253. The van der Waals surface area contributed by atoms with Gasteiger partial charge in [-0.25, -0.2) is 9.97 Å². The third-order valence-corrected chi connectivity index (χ3v) is 4.19. The predicted octanol–water partition coefficient (Wildman–Crippen LogP) is 10.1. The van der Waals surface area contributed by atoms with Gasteiger partial charge in [-0.15, -0.1) is 0 Å². The highest BCUT2D eigenvalue weighted by molar-refractivity contribution is 6.30. The molecule has 0 spiro atoms. The fourth-order valence-electron chi connectivity index (χ4n) is 2.35. The minimum absolute atomic E-state index is 0. The van der Waals surface area contributed by atoms with E-state index in [4.69, 9.17) is 32.0 Å². The Balaban J connectivity index is -0.000000240. The van der Waals surface area contributed by atoms with Crippen LogP contribution in [0.25, 0.3) is 0 Å². The van der Waals surface area contributed by atoms with Crippen LogP contribution in [0, 0.1) is 22.7 Å². The van der Waals surface area contributed by atoms with Crippen molar-refractivity contribution in [1.82, 2.24) is 9.97 Å². The molecule has 1 N–H and O–H groups in total. The molecule has 4 rings (SSSR count). The highest BCUT2D eigenvalue weighted by Gasteiger charge is 1.97. The summed E-state index contributed by atoms with van der Waals surface area (Å²) in [6, 6.07) is 29.8. The first-order valence-electron chi connectivity index (χ1n) is 13.8. The van der Waals surface area contributed by atoms with Crippen molar-refractivity contribution in [3.63, 3.8) is 0 Å². The number of rotatable bonds is 4. The number of aliphatic hydroxyl groups excluding tert-OH is 1. The maximum absolute atomic E-state index is 8.68. The van der Waals surface area contributed by atoms with Crippen LogP contribution in [0.3, 0.4) is 0 Å². The van der Waals surface area contributed by atoms with Crippen molar-refractivity contribution in [3.05, 3.63) is 125 Å². The zero-order valence-electron chi connectivity index (χ0n) is 25.7. The SMILES string of the molecule is C.CC.CC.CC.CC.N#Cc1cc(Cl)ccn1.N#Cc1cc(OCc2ccccc2)ccn1.OCc1ccccc1. The third-order valence-electron chi connectivity index (χ3n) is 3.96. The molecule has 0 unspecified atom stereocenters. The van der Waals surface area contributed by atoms with E-state index < -0.39 is 0 Å². The minimum Gasteiger partial charge on any atom is -0.489 e. The van der Waals surface area contributed by atoms with Crippen molar-refractivity contribution in [2.75, 3.05) is 0 Å². The molecule has 0 aliphatic carbocycles. The zero-order valence-corrected chi connectivity index (χ0v) is 26.4. The van der Waals surface area contributed by atoms with Crippen LogP contribution in [-0.4, -0.2) is 15.1 Å². The molecule has 0 amide bonds. The van der Waals surface area contributed by atoms with Gasteiger partial charge in [0.15, 0.2) is 0 Å². The van der Waals surface area contributed by atoms with Crippen molar-refractivity contribution in [2.24, 2.45) is 0 Å². The molecule has 4 aromatic rings. The van der Waals surface area contributed by atoms with Crippen LogP contribution in [0.5, 0.6) is 5.75 Å². The summed E-state index contributed by atoms with van der Waals surface area (Å²) < 4.78 is 5.54. The van der Waals surface area contributed by atoms with Crippen molar-refractivity contribution >= 4 is 11.6 Å². The van der Waals surface area contributed by atoms with Crippen LogP contribution >= 0.6 is 11.6 Å². The number of benzene rings is 2. The fourth-order valence-corrected chi connectivity index (χ4v) is 2.51. The predicted molar refractivity (Wildman–Crippen MR) is 178 cm³/mol. The Labute approximate surface area is 260 Å². The molecule has 0 saturated carbocycles. The van der Waals surface area contributed by atoms with Gasteiger partial charge in [-0.3, -0.25) is 0 Å². The zero-order chi connectivity index (χ0) is 31.7. The van der Waals surface area contributed by atoms with Gasteiger partial charge < -0.3 is 9.84 Å². The largest absolute Gasteiger partial charge is 0.489 e. The first-order valence-corrected chi connectivity index (χ1v) is 14.2. The molecule has 0 fully saturated rings. The Morgan fingerprint density at radius 2 is 1.10 bits per heavy atom. The van der Waals surface area contributed by atoms with E-state index in [-0.39, 0.29) is 14.0 Å². The average molecular weight is 593 g/mol. The van der Waals surface area contributed by atoms with E-state index in [9.17, 15) is 0 Å². The number of halogens is 1. The molecule has 42 heavy (non-hydrogen) atoms. The molecular weight excluding hydrogens is 544 g/mol. The van der Waals surface area contributed by atoms with E-state index in [1.165, 1.54) is 12.3 Å². The van der Waals surface area contributed by atoms with E-state index in [0.717, 1.165) is 11.1 Å². The summed E-state index contributed by atoms with van der Waals surface area (Å²) in [5.74, 6) is 0.662. The second-order valence-electron chi connectivity index (χ2n) is 6.38. The normalized spacial score (nSPS) is 7.71. The van der Waals surface area contributed by atoms with Crippen LogP contribution in [0.1, 0.15) is 85.3 Å². The number of aliphatic hydroxyl groups is 1. The number of hydrogen-bond donors (Lipinski definition) is 1. The summed E-state index contributed by atoms with van der Waals surface area (Å²) in [6.45, 7) is 16.6. The second-order valence-corrected chi connectivity index (χ2v) is 6.81. The third kappa shape index (κ3) is 23.6. The average Bonchev–Trinajstić information content (AvgIpc) is 3.09. The Kier molecular flexibility index (Phi) is 37.1. The van der Waals surface area contributed by atoms with Gasteiger partial charge in [0.25, 0.3) is 0 Å². The van der Waals surface area contributed by atoms with Crippen LogP contribution in [0.4, 0.5) is 0 Å². The first kappa shape index (κ1) is 44.8. The van der Waals surface area contributed by atoms with Crippen molar-refractivity contribution in [2.45, 2.75) is 76.0 Å². The first-order chi connectivity index (χ1) is 20.1. The number of nitrogens with zero attached hydrogens (tertiary/aromatic N) is 4. The lowest BCUT2D eigenvalue weighted by Crippen LogP contribution is -1.95.